The molecule has 1 aliphatic rings. The lowest BCUT2D eigenvalue weighted by molar-refractivity contribution is -0.129. The zero-order valence-electron chi connectivity index (χ0n) is 23.7. The van der Waals surface area contributed by atoms with E-state index in [1.807, 2.05) is 33.8 Å². The van der Waals surface area contributed by atoms with Gasteiger partial charge in [0.05, 0.1) is 29.6 Å². The summed E-state index contributed by atoms with van der Waals surface area (Å²) in [6.07, 6.45) is -0.156. The van der Waals surface area contributed by atoms with Gasteiger partial charge >= 0.3 is 12.3 Å². The number of halogens is 3. The lowest BCUT2D eigenvalue weighted by atomic mass is 9.91. The van der Waals surface area contributed by atoms with Gasteiger partial charge in [-0.05, 0) is 77.1 Å². The Hall–Kier alpha value is -3.75. The van der Waals surface area contributed by atoms with E-state index in [1.54, 1.807) is 12.3 Å². The first kappa shape index (κ1) is 31.2. The van der Waals surface area contributed by atoms with Gasteiger partial charge in [0, 0.05) is 23.8 Å². The Morgan fingerprint density at radius 2 is 1.71 bits per heavy atom. The van der Waals surface area contributed by atoms with Crippen LogP contribution in [0, 0.1) is 6.92 Å². The number of rotatable bonds is 8. The van der Waals surface area contributed by atoms with Crippen molar-refractivity contribution >= 4 is 38.9 Å². The molecule has 0 atom stereocenters. The number of hydrogen-bond acceptors (Lipinski definition) is 9. The minimum Gasteiger partial charge on any atom is -0.444 e. The molecule has 1 fully saturated rings. The molecule has 1 aliphatic carbocycles. The van der Waals surface area contributed by atoms with Crippen LogP contribution in [0.2, 0.25) is 0 Å². The molecule has 11 nitrogen and oxygen atoms in total. The highest BCUT2D eigenvalue weighted by Gasteiger charge is 2.30. The second-order valence-corrected chi connectivity index (χ2v) is 13.2. The molecule has 1 amide bonds. The molecule has 0 aliphatic heterocycles. The number of alkyl halides is 3. The van der Waals surface area contributed by atoms with Crippen LogP contribution in [0.4, 0.5) is 29.7 Å². The van der Waals surface area contributed by atoms with Gasteiger partial charge in [0.1, 0.15) is 16.9 Å². The van der Waals surface area contributed by atoms with Gasteiger partial charge in [-0.1, -0.05) is 0 Å². The highest BCUT2D eigenvalue weighted by molar-refractivity contribution is 7.92. The van der Waals surface area contributed by atoms with E-state index >= 15 is 0 Å². The standard InChI is InChI=1S/C27H34F3N7O4S/c1-16-13-20(17-5-10-22(31-14-17)37-42(39,40)12-11-27(28,29)30)35-21-15-32-24(36-23(16)21)33-18-6-8-19(9-7-18)34-25(38)41-26(2,3)4/h5,10,13-15,18-19H,6-9,11-12H2,1-4H3,(H,31,37)(H,34,38)(H,32,33,36)/t18-,19-. The minimum atomic E-state index is -4.58. The number of aryl methyl sites for hydroxylation is 1. The molecular weight excluding hydrogens is 575 g/mol. The summed E-state index contributed by atoms with van der Waals surface area (Å²) in [5.74, 6) is -0.700. The van der Waals surface area contributed by atoms with Crippen molar-refractivity contribution in [3.8, 4) is 11.3 Å². The molecule has 3 aromatic rings. The number of aromatic nitrogens is 4. The van der Waals surface area contributed by atoms with E-state index in [2.05, 4.69) is 35.3 Å². The Morgan fingerprint density at radius 1 is 1.02 bits per heavy atom. The van der Waals surface area contributed by atoms with Gasteiger partial charge < -0.3 is 15.4 Å². The van der Waals surface area contributed by atoms with Crippen LogP contribution in [0.5, 0.6) is 0 Å². The van der Waals surface area contributed by atoms with Crippen LogP contribution in [0.1, 0.15) is 58.4 Å². The molecule has 228 valence electrons. The summed E-state index contributed by atoms with van der Waals surface area (Å²) in [5, 5.41) is 6.31. The Balaban J connectivity index is 1.37. The average Bonchev–Trinajstić information content (AvgIpc) is 2.88. The molecule has 42 heavy (non-hydrogen) atoms. The fraction of sp³-hybridized carbons (Fsp3) is 0.519. The van der Waals surface area contributed by atoms with E-state index < -0.39 is 40.1 Å². The smallest absolute Gasteiger partial charge is 0.407 e. The molecule has 0 radical (unpaired) electrons. The summed E-state index contributed by atoms with van der Waals surface area (Å²) >= 11 is 0. The fourth-order valence-corrected chi connectivity index (χ4v) is 5.55. The summed E-state index contributed by atoms with van der Waals surface area (Å²) in [7, 11) is -4.20. The number of carbonyl (C=O) groups excluding carboxylic acids is 1. The van der Waals surface area contributed by atoms with Crippen LogP contribution in [0.25, 0.3) is 22.3 Å². The Labute approximate surface area is 242 Å². The van der Waals surface area contributed by atoms with Gasteiger partial charge in [0.15, 0.2) is 0 Å². The van der Waals surface area contributed by atoms with Gasteiger partial charge in [0.25, 0.3) is 0 Å². The average molecular weight is 610 g/mol. The van der Waals surface area contributed by atoms with Gasteiger partial charge in [0.2, 0.25) is 16.0 Å². The molecule has 3 N–H and O–H groups in total. The Bertz CT molecular complexity index is 1520. The summed E-state index contributed by atoms with van der Waals surface area (Å²) in [6.45, 7) is 7.37. The molecule has 0 saturated heterocycles. The first-order valence-corrected chi connectivity index (χ1v) is 15.1. The maximum atomic E-state index is 12.4. The SMILES string of the molecule is Cc1cc(-c2ccc(NS(=O)(=O)CCC(F)(F)F)nc2)nc2cnc(N[C@H]3CC[C@H](NC(=O)OC(C)(C)C)CC3)nc12. The predicted octanol–water partition coefficient (Wildman–Crippen LogP) is 5.34. The largest absolute Gasteiger partial charge is 0.444 e. The van der Waals surface area contributed by atoms with Crippen LogP contribution in [-0.2, 0) is 14.8 Å². The molecule has 0 bridgehead atoms. The van der Waals surface area contributed by atoms with Crippen molar-refractivity contribution < 1.29 is 31.1 Å². The number of fused-ring (bicyclic) bond motifs is 1. The number of sulfonamides is 1. The number of ether oxygens (including phenoxy) is 1. The van der Waals surface area contributed by atoms with E-state index in [4.69, 9.17) is 4.74 Å². The number of anilines is 2. The molecule has 1 saturated carbocycles. The van der Waals surface area contributed by atoms with Crippen molar-refractivity contribution in [2.24, 2.45) is 0 Å². The molecule has 0 unspecified atom stereocenters. The molecule has 3 heterocycles. The van der Waals surface area contributed by atoms with Gasteiger partial charge in [-0.3, -0.25) is 4.72 Å². The molecule has 3 aromatic heterocycles. The second-order valence-electron chi connectivity index (χ2n) is 11.3. The Kier molecular flexibility index (Phi) is 9.09. The van der Waals surface area contributed by atoms with Gasteiger partial charge in [-0.25, -0.2) is 33.1 Å². The molecule has 0 aromatic carbocycles. The summed E-state index contributed by atoms with van der Waals surface area (Å²) in [6, 6.07) is 4.97. The number of nitrogens with zero attached hydrogens (tertiary/aromatic N) is 4. The zero-order valence-corrected chi connectivity index (χ0v) is 24.6. The maximum Gasteiger partial charge on any atom is 0.407 e. The number of nitrogens with one attached hydrogen (secondary N) is 3. The molecule has 0 spiro atoms. The fourth-order valence-electron chi connectivity index (χ4n) is 4.51. The van der Waals surface area contributed by atoms with Crippen molar-refractivity contribution in [1.82, 2.24) is 25.3 Å². The third kappa shape index (κ3) is 9.13. The quantitative estimate of drug-likeness (QED) is 0.308. The van der Waals surface area contributed by atoms with Crippen molar-refractivity contribution in [3.05, 3.63) is 36.2 Å². The van der Waals surface area contributed by atoms with Crippen LogP contribution in [0.15, 0.2) is 30.6 Å². The lowest BCUT2D eigenvalue weighted by Crippen LogP contribution is -2.42. The Morgan fingerprint density at radius 3 is 2.33 bits per heavy atom. The van der Waals surface area contributed by atoms with E-state index in [9.17, 15) is 26.4 Å². The third-order valence-corrected chi connectivity index (χ3v) is 7.75. The van der Waals surface area contributed by atoms with E-state index in [-0.39, 0.29) is 17.9 Å². The topological polar surface area (TPSA) is 148 Å². The third-order valence-electron chi connectivity index (χ3n) is 6.49. The number of alkyl carbamates (subject to hydrolysis) is 1. The van der Waals surface area contributed by atoms with Gasteiger partial charge in [-0.2, -0.15) is 13.2 Å². The number of carbonyl (C=O) groups is 1. The van der Waals surface area contributed by atoms with Crippen molar-refractivity contribution in [2.75, 3.05) is 15.8 Å². The first-order valence-electron chi connectivity index (χ1n) is 13.5. The van der Waals surface area contributed by atoms with Crippen molar-refractivity contribution in [3.63, 3.8) is 0 Å². The van der Waals surface area contributed by atoms with Crippen LogP contribution >= 0.6 is 0 Å². The van der Waals surface area contributed by atoms with Crippen LogP contribution < -0.4 is 15.4 Å². The number of hydrogen-bond donors (Lipinski definition) is 3. The second kappa shape index (κ2) is 12.2. The number of pyridine rings is 2. The summed E-state index contributed by atoms with van der Waals surface area (Å²) in [4.78, 5) is 29.8. The molecule has 4 rings (SSSR count). The van der Waals surface area contributed by atoms with Crippen molar-refractivity contribution in [1.29, 1.82) is 0 Å². The van der Waals surface area contributed by atoms with E-state index in [0.29, 0.717) is 28.2 Å². The van der Waals surface area contributed by atoms with Crippen LogP contribution in [0.3, 0.4) is 0 Å². The zero-order chi connectivity index (χ0) is 30.7. The number of amides is 1. The summed E-state index contributed by atoms with van der Waals surface area (Å²) < 4.78 is 68.4. The predicted molar refractivity (Wildman–Crippen MR) is 152 cm³/mol. The highest BCUT2D eigenvalue weighted by atomic mass is 32.2. The minimum absolute atomic E-state index is 0.0541. The monoisotopic (exact) mass is 609 g/mol. The first-order chi connectivity index (χ1) is 19.6. The molecular formula is C27H34F3N7O4S. The van der Waals surface area contributed by atoms with Crippen LogP contribution in [-0.4, -0.2) is 64.1 Å². The molecule has 15 heteroatoms. The maximum absolute atomic E-state index is 12.4. The van der Waals surface area contributed by atoms with E-state index in [0.717, 1.165) is 31.2 Å². The lowest BCUT2D eigenvalue weighted by Gasteiger charge is -2.30. The normalized spacial score (nSPS) is 18.0. The van der Waals surface area contributed by atoms with Crippen molar-refractivity contribution in [2.45, 2.75) is 83.7 Å². The summed E-state index contributed by atoms with van der Waals surface area (Å²) in [5.41, 5.74) is 2.65. The highest BCUT2D eigenvalue weighted by Crippen LogP contribution is 2.26. The van der Waals surface area contributed by atoms with Gasteiger partial charge in [-0.15, -0.1) is 0 Å². The van der Waals surface area contributed by atoms with E-state index in [1.165, 1.54) is 12.3 Å².